The van der Waals surface area contributed by atoms with Crippen LogP contribution in [0.3, 0.4) is 0 Å². The van der Waals surface area contributed by atoms with Gasteiger partial charge in [-0.1, -0.05) is 6.92 Å². The van der Waals surface area contributed by atoms with Gasteiger partial charge in [-0.05, 0) is 27.2 Å². The van der Waals surface area contributed by atoms with Crippen molar-refractivity contribution in [3.8, 4) is 5.88 Å². The Morgan fingerprint density at radius 3 is 2.46 bits per heavy atom. The van der Waals surface area contributed by atoms with Crippen LogP contribution in [0.5, 0.6) is 5.88 Å². The van der Waals surface area contributed by atoms with Crippen molar-refractivity contribution < 1.29 is 23.9 Å². The second kappa shape index (κ2) is 8.15. The summed E-state index contributed by atoms with van der Waals surface area (Å²) in [4.78, 5) is 39.2. The molecule has 2 amide bonds. The van der Waals surface area contributed by atoms with Crippen LogP contribution in [0.2, 0.25) is 0 Å². The first kappa shape index (κ1) is 21.0. The number of ether oxygens (including phenoxy) is 2. The molecule has 0 atom stereocenters. The monoisotopic (exact) mass is 391 g/mol. The zero-order valence-electron chi connectivity index (χ0n) is 16.8. The number of anilines is 2. The number of hydrogen-bond donors (Lipinski definition) is 2. The van der Waals surface area contributed by atoms with Gasteiger partial charge >= 0.3 is 12.1 Å². The molecule has 152 valence electrons. The molecule has 0 radical (unpaired) electrons. The molecule has 0 aromatic carbocycles. The molecule has 2 rings (SSSR count). The summed E-state index contributed by atoms with van der Waals surface area (Å²) in [7, 11) is 3.31. The van der Waals surface area contributed by atoms with Crippen LogP contribution in [-0.2, 0) is 30.0 Å². The smallest absolute Gasteiger partial charge is 0.412 e. The fourth-order valence-corrected chi connectivity index (χ4v) is 2.57. The van der Waals surface area contributed by atoms with E-state index in [0.29, 0.717) is 24.1 Å². The van der Waals surface area contributed by atoms with E-state index >= 15 is 0 Å². The SMILES string of the molecule is CCc1c(NC(=O)OC(C)(C)C)cn(C)c1OC(=O)c1nc(NC=O)cn1C. The predicted molar refractivity (Wildman–Crippen MR) is 103 cm³/mol. The molecule has 0 fully saturated rings. The van der Waals surface area contributed by atoms with Gasteiger partial charge < -0.3 is 23.9 Å². The second-order valence-electron chi connectivity index (χ2n) is 7.13. The molecule has 2 aromatic heterocycles. The molecule has 2 N–H and O–H groups in total. The Kier molecular flexibility index (Phi) is 6.12. The first-order chi connectivity index (χ1) is 13.1. The predicted octanol–water partition coefficient (Wildman–Crippen LogP) is 2.46. The lowest BCUT2D eigenvalue weighted by Gasteiger charge is -2.19. The Bertz CT molecular complexity index is 891. The number of esters is 1. The van der Waals surface area contributed by atoms with Crippen LogP contribution in [0.15, 0.2) is 12.4 Å². The van der Waals surface area contributed by atoms with E-state index in [1.165, 1.54) is 10.8 Å². The average molecular weight is 391 g/mol. The second-order valence-corrected chi connectivity index (χ2v) is 7.13. The number of amides is 2. The molecule has 2 heterocycles. The van der Waals surface area contributed by atoms with Gasteiger partial charge in [0, 0.05) is 32.1 Å². The first-order valence-corrected chi connectivity index (χ1v) is 8.69. The number of nitrogens with one attached hydrogen (secondary N) is 2. The van der Waals surface area contributed by atoms with Crippen molar-refractivity contribution in [3.05, 3.63) is 23.8 Å². The van der Waals surface area contributed by atoms with Crippen LogP contribution >= 0.6 is 0 Å². The van der Waals surface area contributed by atoms with E-state index in [4.69, 9.17) is 9.47 Å². The summed E-state index contributed by atoms with van der Waals surface area (Å²) in [5, 5.41) is 5.06. The maximum Gasteiger partial charge on any atom is 0.412 e. The fraction of sp³-hybridized carbons (Fsp3) is 0.444. The summed E-state index contributed by atoms with van der Waals surface area (Å²) in [5.41, 5.74) is 0.499. The van der Waals surface area contributed by atoms with Gasteiger partial charge in [-0.15, -0.1) is 0 Å². The molecule has 0 saturated carbocycles. The van der Waals surface area contributed by atoms with Gasteiger partial charge in [-0.25, -0.2) is 14.6 Å². The molecule has 0 unspecified atom stereocenters. The third-order valence-corrected chi connectivity index (χ3v) is 3.67. The topological polar surface area (TPSA) is 116 Å². The number of carbonyl (C=O) groups excluding carboxylic acids is 3. The van der Waals surface area contributed by atoms with Gasteiger partial charge in [0.25, 0.3) is 0 Å². The van der Waals surface area contributed by atoms with Gasteiger partial charge in [0.2, 0.25) is 18.1 Å². The number of hydrogen-bond acceptors (Lipinski definition) is 6. The lowest BCUT2D eigenvalue weighted by Crippen LogP contribution is -2.27. The van der Waals surface area contributed by atoms with Crippen LogP contribution in [0.1, 0.15) is 43.9 Å². The highest BCUT2D eigenvalue weighted by Gasteiger charge is 2.24. The first-order valence-electron chi connectivity index (χ1n) is 8.69. The Balaban J connectivity index is 2.24. The number of rotatable bonds is 6. The average Bonchev–Trinajstić information content (AvgIpc) is 3.06. The van der Waals surface area contributed by atoms with Gasteiger partial charge in [0.15, 0.2) is 5.82 Å². The van der Waals surface area contributed by atoms with Gasteiger partial charge in [0.1, 0.15) is 5.60 Å². The number of nitrogens with zero attached hydrogens (tertiary/aromatic N) is 3. The minimum Gasteiger partial charge on any atom is -0.444 e. The van der Waals surface area contributed by atoms with Crippen LogP contribution in [0, 0.1) is 0 Å². The van der Waals surface area contributed by atoms with Crippen LogP contribution in [0.4, 0.5) is 16.3 Å². The van der Waals surface area contributed by atoms with E-state index in [2.05, 4.69) is 15.6 Å². The molecule has 0 aliphatic rings. The summed E-state index contributed by atoms with van der Waals surface area (Å²) in [6.45, 7) is 7.18. The van der Waals surface area contributed by atoms with Crippen LogP contribution in [-0.4, -0.2) is 38.2 Å². The quantitative estimate of drug-likeness (QED) is 0.577. The number of aryl methyl sites for hydroxylation is 2. The summed E-state index contributed by atoms with van der Waals surface area (Å²) in [6.07, 6.45) is 3.51. The Morgan fingerprint density at radius 2 is 1.89 bits per heavy atom. The summed E-state index contributed by atoms with van der Waals surface area (Å²) in [5.74, 6) is -0.152. The molecule has 0 bridgehead atoms. The van der Waals surface area contributed by atoms with E-state index in [1.807, 2.05) is 6.92 Å². The van der Waals surface area contributed by atoms with Gasteiger partial charge in [-0.2, -0.15) is 0 Å². The minimum absolute atomic E-state index is 0.0225. The third-order valence-electron chi connectivity index (χ3n) is 3.67. The summed E-state index contributed by atoms with van der Waals surface area (Å²) in [6, 6.07) is 0. The van der Waals surface area contributed by atoms with Crippen molar-refractivity contribution in [2.75, 3.05) is 10.6 Å². The number of aromatic nitrogens is 3. The third kappa shape index (κ3) is 4.90. The van der Waals surface area contributed by atoms with E-state index in [0.717, 1.165) is 0 Å². The van der Waals surface area contributed by atoms with E-state index in [-0.39, 0.29) is 17.5 Å². The normalized spacial score (nSPS) is 11.1. The molecule has 0 spiro atoms. The van der Waals surface area contributed by atoms with Crippen LogP contribution < -0.4 is 15.4 Å². The maximum absolute atomic E-state index is 12.5. The highest BCUT2D eigenvalue weighted by Crippen LogP contribution is 2.30. The standard InChI is InChI=1S/C18H25N5O5/c1-7-11-12(20-17(26)28-18(2,3)4)8-23(6)15(11)27-16(25)14-21-13(19-10-24)9-22(14)5/h8-10H,7H2,1-6H3,(H,19,24)(H,20,26). The lowest BCUT2D eigenvalue weighted by molar-refractivity contribution is -0.105. The van der Waals surface area contributed by atoms with Crippen molar-refractivity contribution in [3.63, 3.8) is 0 Å². The van der Waals surface area contributed by atoms with Crippen molar-refractivity contribution in [1.82, 2.24) is 14.1 Å². The Labute approximate surface area is 162 Å². The molecular weight excluding hydrogens is 366 g/mol. The molecule has 0 saturated heterocycles. The highest BCUT2D eigenvalue weighted by atomic mass is 16.6. The van der Waals surface area contributed by atoms with Crippen LogP contribution in [0.25, 0.3) is 0 Å². The highest BCUT2D eigenvalue weighted by molar-refractivity contribution is 5.90. The minimum atomic E-state index is -0.693. The molecule has 10 heteroatoms. The zero-order chi connectivity index (χ0) is 21.1. The Hall–Kier alpha value is -3.30. The number of carbonyl (C=O) groups is 3. The molecular formula is C18H25N5O5. The molecule has 0 aliphatic heterocycles. The summed E-state index contributed by atoms with van der Waals surface area (Å²) < 4.78 is 13.8. The number of imidazole rings is 1. The van der Waals surface area contributed by atoms with E-state index in [9.17, 15) is 14.4 Å². The van der Waals surface area contributed by atoms with Crippen molar-refractivity contribution in [2.24, 2.45) is 14.1 Å². The van der Waals surface area contributed by atoms with Crippen molar-refractivity contribution in [1.29, 1.82) is 0 Å². The zero-order valence-corrected chi connectivity index (χ0v) is 16.8. The molecule has 10 nitrogen and oxygen atoms in total. The van der Waals surface area contributed by atoms with Gasteiger partial charge in [-0.3, -0.25) is 10.1 Å². The lowest BCUT2D eigenvalue weighted by atomic mass is 10.2. The van der Waals surface area contributed by atoms with E-state index in [1.54, 1.807) is 45.6 Å². The summed E-state index contributed by atoms with van der Waals surface area (Å²) >= 11 is 0. The molecule has 28 heavy (non-hydrogen) atoms. The van der Waals surface area contributed by atoms with E-state index < -0.39 is 17.7 Å². The fourth-order valence-electron chi connectivity index (χ4n) is 2.57. The molecule has 0 aliphatic carbocycles. The molecule has 2 aromatic rings. The van der Waals surface area contributed by atoms with Crippen molar-refractivity contribution >= 4 is 30.0 Å². The largest absolute Gasteiger partial charge is 0.444 e. The maximum atomic E-state index is 12.5. The van der Waals surface area contributed by atoms with Crippen molar-refractivity contribution in [2.45, 2.75) is 39.7 Å². The Morgan fingerprint density at radius 1 is 1.21 bits per heavy atom. The van der Waals surface area contributed by atoms with Gasteiger partial charge in [0.05, 0.1) is 5.69 Å².